The van der Waals surface area contributed by atoms with E-state index in [2.05, 4.69) is 50.1 Å². The molecule has 32 heavy (non-hydrogen) atoms. The number of hydrogen-bond acceptors (Lipinski definition) is 2. The van der Waals surface area contributed by atoms with Gasteiger partial charge in [-0.1, -0.05) is 63.6 Å². The van der Waals surface area contributed by atoms with E-state index in [1.54, 1.807) is 0 Å². The minimum atomic E-state index is -0.523. The first-order valence-corrected chi connectivity index (χ1v) is 11.7. The summed E-state index contributed by atoms with van der Waals surface area (Å²) in [6.45, 7) is 9.00. The van der Waals surface area contributed by atoms with E-state index in [1.165, 1.54) is 0 Å². The van der Waals surface area contributed by atoms with Crippen molar-refractivity contribution in [1.82, 2.24) is 15.2 Å². The van der Waals surface area contributed by atoms with Crippen molar-refractivity contribution in [1.29, 1.82) is 0 Å². The monoisotopic (exact) mass is 431 g/mol. The quantitative estimate of drug-likeness (QED) is 0.472. The predicted octanol–water partition coefficient (Wildman–Crippen LogP) is 5.35. The van der Waals surface area contributed by atoms with Gasteiger partial charge in [0.1, 0.15) is 6.04 Å². The minimum Gasteiger partial charge on any atom is -0.358 e. The second kappa shape index (κ2) is 9.19. The molecule has 168 valence electrons. The molecule has 5 heteroatoms. The average Bonchev–Trinajstić information content (AvgIpc) is 3.25. The Labute approximate surface area is 190 Å². The van der Waals surface area contributed by atoms with Gasteiger partial charge in [-0.05, 0) is 43.4 Å². The van der Waals surface area contributed by atoms with E-state index < -0.39 is 6.04 Å². The van der Waals surface area contributed by atoms with Crippen molar-refractivity contribution in [2.45, 2.75) is 59.0 Å². The SMILES string of the molecule is CCCCNC(=O)C(CC(C)C)N1C(=O)c2ccccc2C1c1c(C)[nH]c2ccccc12. The lowest BCUT2D eigenvalue weighted by Gasteiger charge is -2.34. The Morgan fingerprint density at radius 3 is 2.59 bits per heavy atom. The van der Waals surface area contributed by atoms with Crippen LogP contribution in [0.15, 0.2) is 48.5 Å². The van der Waals surface area contributed by atoms with Crippen molar-refractivity contribution in [2.75, 3.05) is 6.54 Å². The second-order valence-corrected chi connectivity index (χ2v) is 9.20. The summed E-state index contributed by atoms with van der Waals surface area (Å²) in [5, 5.41) is 4.19. The van der Waals surface area contributed by atoms with Gasteiger partial charge in [0, 0.05) is 34.3 Å². The average molecular weight is 432 g/mol. The number of H-pyrrole nitrogens is 1. The molecule has 2 N–H and O–H groups in total. The lowest BCUT2D eigenvalue weighted by molar-refractivity contribution is -0.126. The molecule has 0 saturated carbocycles. The zero-order valence-electron chi connectivity index (χ0n) is 19.4. The van der Waals surface area contributed by atoms with Crippen molar-refractivity contribution >= 4 is 22.7 Å². The van der Waals surface area contributed by atoms with Gasteiger partial charge in [-0.2, -0.15) is 0 Å². The van der Waals surface area contributed by atoms with Crippen LogP contribution in [0.2, 0.25) is 0 Å². The van der Waals surface area contributed by atoms with Gasteiger partial charge in [-0.25, -0.2) is 0 Å². The molecule has 5 nitrogen and oxygen atoms in total. The maximum absolute atomic E-state index is 13.7. The number of aromatic amines is 1. The first-order valence-electron chi connectivity index (χ1n) is 11.7. The fourth-order valence-corrected chi connectivity index (χ4v) is 4.90. The third kappa shape index (κ3) is 3.92. The molecule has 2 aromatic carbocycles. The highest BCUT2D eigenvalue weighted by Gasteiger charge is 2.45. The van der Waals surface area contributed by atoms with Crippen LogP contribution in [0.5, 0.6) is 0 Å². The van der Waals surface area contributed by atoms with Crippen molar-refractivity contribution < 1.29 is 9.59 Å². The number of nitrogens with one attached hydrogen (secondary N) is 2. The molecule has 4 rings (SSSR count). The fourth-order valence-electron chi connectivity index (χ4n) is 4.90. The molecule has 0 spiro atoms. The van der Waals surface area contributed by atoms with Crippen LogP contribution in [-0.4, -0.2) is 34.3 Å². The number of hydrogen-bond donors (Lipinski definition) is 2. The van der Waals surface area contributed by atoms with Crippen LogP contribution in [0.4, 0.5) is 0 Å². The Kier molecular flexibility index (Phi) is 6.35. The summed E-state index contributed by atoms with van der Waals surface area (Å²) in [5.74, 6) is 0.153. The summed E-state index contributed by atoms with van der Waals surface area (Å²) in [6, 6.07) is 15.2. The number of fused-ring (bicyclic) bond motifs is 2. The number of nitrogens with zero attached hydrogens (tertiary/aromatic N) is 1. The Balaban J connectivity index is 1.85. The maximum atomic E-state index is 13.7. The van der Waals surface area contributed by atoms with Gasteiger partial charge in [0.2, 0.25) is 5.91 Å². The number of carbonyl (C=O) groups is 2. The first-order chi connectivity index (χ1) is 15.4. The normalized spacial score (nSPS) is 16.6. The van der Waals surface area contributed by atoms with Crippen molar-refractivity contribution in [2.24, 2.45) is 5.92 Å². The largest absolute Gasteiger partial charge is 0.358 e. The Hall–Kier alpha value is -3.08. The van der Waals surface area contributed by atoms with Gasteiger partial charge in [-0.15, -0.1) is 0 Å². The van der Waals surface area contributed by atoms with E-state index in [0.29, 0.717) is 18.5 Å². The first kappa shape index (κ1) is 22.1. The van der Waals surface area contributed by atoms with Crippen LogP contribution in [0.1, 0.15) is 73.3 Å². The Morgan fingerprint density at radius 2 is 1.84 bits per heavy atom. The lowest BCUT2D eigenvalue weighted by atomic mass is 9.93. The molecule has 1 aliphatic rings. The number of amides is 2. The molecular formula is C27H33N3O2. The molecule has 1 aliphatic heterocycles. The van der Waals surface area contributed by atoms with Crippen LogP contribution < -0.4 is 5.32 Å². The molecule has 0 bridgehead atoms. The number of aryl methyl sites for hydroxylation is 1. The molecule has 0 saturated heterocycles. The van der Waals surface area contributed by atoms with Gasteiger partial charge in [-0.3, -0.25) is 9.59 Å². The van der Waals surface area contributed by atoms with Gasteiger partial charge < -0.3 is 15.2 Å². The Morgan fingerprint density at radius 1 is 1.12 bits per heavy atom. The number of para-hydroxylation sites is 1. The van der Waals surface area contributed by atoms with Crippen LogP contribution in [-0.2, 0) is 4.79 Å². The van der Waals surface area contributed by atoms with E-state index in [-0.39, 0.29) is 23.8 Å². The lowest BCUT2D eigenvalue weighted by Crippen LogP contribution is -2.49. The summed E-state index contributed by atoms with van der Waals surface area (Å²) in [6.07, 6.45) is 2.56. The highest BCUT2D eigenvalue weighted by molar-refractivity contribution is 6.03. The number of aromatic nitrogens is 1. The van der Waals surface area contributed by atoms with E-state index in [4.69, 9.17) is 0 Å². The number of unbranched alkanes of at least 4 members (excludes halogenated alkanes) is 1. The third-order valence-electron chi connectivity index (χ3n) is 6.38. The molecular weight excluding hydrogens is 398 g/mol. The molecule has 2 amide bonds. The molecule has 2 atom stereocenters. The highest BCUT2D eigenvalue weighted by Crippen LogP contribution is 2.44. The van der Waals surface area contributed by atoms with Crippen LogP contribution in [0.25, 0.3) is 10.9 Å². The van der Waals surface area contributed by atoms with Gasteiger partial charge in [0.05, 0.1) is 6.04 Å². The molecule has 2 heterocycles. The van der Waals surface area contributed by atoms with E-state index >= 15 is 0 Å². The Bertz CT molecular complexity index is 1130. The summed E-state index contributed by atoms with van der Waals surface area (Å²) >= 11 is 0. The third-order valence-corrected chi connectivity index (χ3v) is 6.38. The second-order valence-electron chi connectivity index (χ2n) is 9.20. The smallest absolute Gasteiger partial charge is 0.255 e. The number of benzene rings is 2. The van der Waals surface area contributed by atoms with Crippen molar-refractivity contribution in [3.63, 3.8) is 0 Å². The standard InChI is InChI=1S/C27H33N3O2/c1-5-6-15-28-26(31)23(16-17(2)3)30-25(19-11-7-8-12-20(19)27(30)32)24-18(4)29-22-14-10-9-13-21(22)24/h7-14,17,23,25,29H,5-6,15-16H2,1-4H3,(H,28,31). The van der Waals surface area contributed by atoms with Crippen molar-refractivity contribution in [3.05, 3.63) is 70.9 Å². The van der Waals surface area contributed by atoms with Crippen LogP contribution >= 0.6 is 0 Å². The van der Waals surface area contributed by atoms with Gasteiger partial charge in [0.15, 0.2) is 0 Å². The zero-order valence-corrected chi connectivity index (χ0v) is 19.4. The summed E-state index contributed by atoms with van der Waals surface area (Å²) in [7, 11) is 0. The molecule has 0 fully saturated rings. The van der Waals surface area contributed by atoms with Gasteiger partial charge >= 0.3 is 0 Å². The summed E-state index contributed by atoms with van der Waals surface area (Å²) < 4.78 is 0. The summed E-state index contributed by atoms with van der Waals surface area (Å²) in [5.41, 5.74) is 4.82. The van der Waals surface area contributed by atoms with E-state index in [9.17, 15) is 9.59 Å². The zero-order chi connectivity index (χ0) is 22.8. The molecule has 1 aromatic heterocycles. The minimum absolute atomic E-state index is 0.0594. The molecule has 0 aliphatic carbocycles. The van der Waals surface area contributed by atoms with Gasteiger partial charge in [0.25, 0.3) is 5.91 Å². The van der Waals surface area contributed by atoms with Crippen molar-refractivity contribution in [3.8, 4) is 0 Å². The molecule has 3 aromatic rings. The number of rotatable bonds is 8. The van der Waals surface area contributed by atoms with Crippen LogP contribution in [0, 0.1) is 12.8 Å². The topological polar surface area (TPSA) is 65.2 Å². The molecule has 2 unspecified atom stereocenters. The highest BCUT2D eigenvalue weighted by atomic mass is 16.2. The maximum Gasteiger partial charge on any atom is 0.255 e. The van der Waals surface area contributed by atoms with Crippen LogP contribution in [0.3, 0.4) is 0 Å². The predicted molar refractivity (Wildman–Crippen MR) is 129 cm³/mol. The molecule has 0 radical (unpaired) electrons. The summed E-state index contributed by atoms with van der Waals surface area (Å²) in [4.78, 5) is 32.5. The van der Waals surface area contributed by atoms with E-state index in [0.717, 1.165) is 40.6 Å². The number of carbonyl (C=O) groups excluding carboxylic acids is 2. The van der Waals surface area contributed by atoms with E-state index in [1.807, 2.05) is 41.3 Å². The fraction of sp³-hybridized carbons (Fsp3) is 0.407.